The third-order valence-electron chi connectivity index (χ3n) is 7.72. The van der Waals surface area contributed by atoms with Gasteiger partial charge in [-0.2, -0.15) is 0 Å². The lowest BCUT2D eigenvalue weighted by Gasteiger charge is -2.34. The molecular weight excluding hydrogens is 518 g/mol. The fourth-order valence-corrected chi connectivity index (χ4v) is 5.47. The number of hydrogen-bond acceptors (Lipinski definition) is 8. The molecule has 10 nitrogen and oxygen atoms in total. The number of nitrogens with zero attached hydrogens (tertiary/aromatic N) is 4. The van der Waals surface area contributed by atoms with E-state index in [0.717, 1.165) is 73.8 Å². The molecular formula is C31H37N7O3. The van der Waals surface area contributed by atoms with Gasteiger partial charge < -0.3 is 26.0 Å². The van der Waals surface area contributed by atoms with Gasteiger partial charge in [-0.15, -0.1) is 0 Å². The van der Waals surface area contributed by atoms with Crippen LogP contribution in [0.3, 0.4) is 0 Å². The number of anilines is 3. The third-order valence-corrected chi connectivity index (χ3v) is 7.72. The first-order valence-corrected chi connectivity index (χ1v) is 14.3. The number of hydrogen-bond donors (Lipinski definition) is 4. The van der Waals surface area contributed by atoms with E-state index in [0.29, 0.717) is 18.2 Å². The lowest BCUT2D eigenvalue weighted by molar-refractivity contribution is -0.140. The summed E-state index contributed by atoms with van der Waals surface area (Å²) >= 11 is 0. The summed E-state index contributed by atoms with van der Waals surface area (Å²) in [6.07, 6.45) is 9.37. The molecule has 1 aromatic carbocycles. The SMILES string of the molecule is CCc1c(NC[C@H](NC(=O)C=Cc2ccccc2)C(=O)O)ncnc1N1CCC(c2ccc3c(n2)NCCC3)CC1. The number of nitrogens with one attached hydrogen (secondary N) is 3. The maximum absolute atomic E-state index is 12.4. The summed E-state index contributed by atoms with van der Waals surface area (Å²) < 4.78 is 0. The van der Waals surface area contributed by atoms with Gasteiger partial charge in [0, 0.05) is 49.4 Å². The summed E-state index contributed by atoms with van der Waals surface area (Å²) in [5.74, 6) is 1.29. The summed E-state index contributed by atoms with van der Waals surface area (Å²) in [6.45, 7) is 4.71. The van der Waals surface area contributed by atoms with Crippen molar-refractivity contribution in [1.29, 1.82) is 0 Å². The fraction of sp³-hybridized carbons (Fsp3) is 0.387. The Morgan fingerprint density at radius 1 is 1.15 bits per heavy atom. The molecule has 1 fully saturated rings. The highest BCUT2D eigenvalue weighted by molar-refractivity contribution is 5.94. The Hall–Kier alpha value is -4.47. The van der Waals surface area contributed by atoms with E-state index in [1.165, 1.54) is 18.0 Å². The Balaban J connectivity index is 1.20. The number of rotatable bonds is 10. The Kier molecular flexibility index (Phi) is 9.08. The number of fused-ring (bicyclic) bond motifs is 1. The number of carbonyl (C=O) groups excluding carboxylic acids is 1. The summed E-state index contributed by atoms with van der Waals surface area (Å²) in [6, 6.07) is 12.6. The Morgan fingerprint density at radius 2 is 1.95 bits per heavy atom. The molecule has 41 heavy (non-hydrogen) atoms. The van der Waals surface area contributed by atoms with Gasteiger partial charge in [-0.1, -0.05) is 43.3 Å². The highest BCUT2D eigenvalue weighted by Gasteiger charge is 2.26. The maximum Gasteiger partial charge on any atom is 0.328 e. The molecule has 2 aliphatic rings. The van der Waals surface area contributed by atoms with Gasteiger partial charge in [0.05, 0.1) is 0 Å². The topological polar surface area (TPSA) is 132 Å². The molecule has 1 atom stereocenters. The minimum atomic E-state index is -1.13. The molecule has 0 saturated carbocycles. The van der Waals surface area contributed by atoms with Gasteiger partial charge in [0.15, 0.2) is 0 Å². The van der Waals surface area contributed by atoms with Crippen LogP contribution in [0.2, 0.25) is 0 Å². The lowest BCUT2D eigenvalue weighted by atomic mass is 9.92. The van der Waals surface area contributed by atoms with Crippen molar-refractivity contribution < 1.29 is 14.7 Å². The monoisotopic (exact) mass is 555 g/mol. The van der Waals surface area contributed by atoms with Crippen LogP contribution in [0.4, 0.5) is 17.5 Å². The summed E-state index contributed by atoms with van der Waals surface area (Å²) in [5, 5.41) is 18.9. The van der Waals surface area contributed by atoms with Gasteiger partial charge in [-0.25, -0.2) is 19.7 Å². The van der Waals surface area contributed by atoms with Crippen molar-refractivity contribution in [2.75, 3.05) is 41.7 Å². The second-order valence-electron chi connectivity index (χ2n) is 10.4. The van der Waals surface area contributed by atoms with Crippen LogP contribution >= 0.6 is 0 Å². The normalized spacial score (nSPS) is 16.1. The van der Waals surface area contributed by atoms with Gasteiger partial charge >= 0.3 is 5.97 Å². The van der Waals surface area contributed by atoms with E-state index in [1.807, 2.05) is 37.3 Å². The van der Waals surface area contributed by atoms with E-state index in [9.17, 15) is 14.7 Å². The van der Waals surface area contributed by atoms with Crippen LogP contribution in [0, 0.1) is 0 Å². The largest absolute Gasteiger partial charge is 0.480 e. The number of carboxylic acid groups (broad SMARTS) is 1. The van der Waals surface area contributed by atoms with Crippen molar-refractivity contribution in [1.82, 2.24) is 20.3 Å². The average molecular weight is 556 g/mol. The third kappa shape index (κ3) is 7.00. The van der Waals surface area contributed by atoms with Gasteiger partial charge in [-0.3, -0.25) is 4.79 Å². The number of aliphatic carboxylic acids is 1. The lowest BCUT2D eigenvalue weighted by Crippen LogP contribution is -2.45. The molecule has 0 aliphatic carbocycles. The highest BCUT2D eigenvalue weighted by atomic mass is 16.4. The van der Waals surface area contributed by atoms with Gasteiger partial charge in [0.1, 0.15) is 29.8 Å². The predicted molar refractivity (Wildman–Crippen MR) is 160 cm³/mol. The fourth-order valence-electron chi connectivity index (χ4n) is 5.47. The van der Waals surface area contributed by atoms with Crippen LogP contribution in [-0.2, 0) is 22.4 Å². The molecule has 2 aromatic heterocycles. The summed E-state index contributed by atoms with van der Waals surface area (Å²) in [5.41, 5.74) is 4.24. The van der Waals surface area contributed by atoms with E-state index in [2.05, 4.69) is 43.0 Å². The van der Waals surface area contributed by atoms with E-state index >= 15 is 0 Å². The zero-order valence-electron chi connectivity index (χ0n) is 23.3. The first-order chi connectivity index (χ1) is 20.0. The van der Waals surface area contributed by atoms with Gasteiger partial charge in [0.25, 0.3) is 0 Å². The van der Waals surface area contributed by atoms with Crippen molar-refractivity contribution in [2.45, 2.75) is 51.0 Å². The van der Waals surface area contributed by atoms with Crippen molar-refractivity contribution in [3.05, 3.63) is 77.3 Å². The van der Waals surface area contributed by atoms with Crippen LogP contribution in [0.15, 0.2) is 54.9 Å². The Bertz CT molecular complexity index is 1390. The minimum absolute atomic E-state index is 0.0101. The number of benzene rings is 1. The number of pyridine rings is 1. The standard InChI is InChI=1S/C31H37N7O3/c1-2-24-29(33-19-26(31(40)41)36-27(39)13-10-21-7-4-3-5-8-21)34-20-35-30(24)38-17-14-22(15-18-38)25-12-11-23-9-6-16-32-28(23)37-25/h3-5,7-8,10-13,20,22,26H,2,6,9,14-19H2,1H3,(H,32,37)(H,36,39)(H,40,41)(H,33,34,35)/t26-/m0/s1. The molecule has 0 spiro atoms. The van der Waals surface area contributed by atoms with E-state index in [1.54, 1.807) is 6.08 Å². The molecule has 0 bridgehead atoms. The van der Waals surface area contributed by atoms with E-state index < -0.39 is 17.9 Å². The minimum Gasteiger partial charge on any atom is -0.480 e. The highest BCUT2D eigenvalue weighted by Crippen LogP contribution is 2.33. The molecule has 4 heterocycles. The smallest absolute Gasteiger partial charge is 0.328 e. The van der Waals surface area contributed by atoms with Crippen LogP contribution in [0.5, 0.6) is 0 Å². The maximum atomic E-state index is 12.4. The molecule has 0 unspecified atom stereocenters. The molecule has 1 saturated heterocycles. The van der Waals surface area contributed by atoms with Crippen LogP contribution in [-0.4, -0.2) is 64.2 Å². The van der Waals surface area contributed by atoms with Crippen molar-refractivity contribution >= 4 is 35.4 Å². The molecule has 1 amide bonds. The number of aryl methyl sites for hydroxylation is 1. The first kappa shape index (κ1) is 28.1. The molecule has 10 heteroatoms. The number of amides is 1. The van der Waals surface area contributed by atoms with Gasteiger partial charge in [0.2, 0.25) is 5.91 Å². The van der Waals surface area contributed by atoms with Crippen LogP contribution in [0.1, 0.15) is 54.5 Å². The predicted octanol–water partition coefficient (Wildman–Crippen LogP) is 3.87. The van der Waals surface area contributed by atoms with Crippen molar-refractivity contribution in [3.8, 4) is 0 Å². The summed E-state index contributed by atoms with van der Waals surface area (Å²) in [4.78, 5) is 40.5. The number of aromatic nitrogens is 3. The zero-order chi connectivity index (χ0) is 28.6. The van der Waals surface area contributed by atoms with Crippen molar-refractivity contribution in [3.63, 3.8) is 0 Å². The van der Waals surface area contributed by atoms with Crippen molar-refractivity contribution in [2.24, 2.45) is 0 Å². The molecule has 0 radical (unpaired) electrons. The van der Waals surface area contributed by atoms with Crippen LogP contribution in [0.25, 0.3) is 6.08 Å². The average Bonchev–Trinajstić information content (AvgIpc) is 3.02. The summed E-state index contributed by atoms with van der Waals surface area (Å²) in [7, 11) is 0. The zero-order valence-corrected chi connectivity index (χ0v) is 23.3. The van der Waals surface area contributed by atoms with E-state index in [-0.39, 0.29) is 6.54 Å². The Morgan fingerprint density at radius 3 is 2.71 bits per heavy atom. The molecule has 214 valence electrons. The molecule has 4 N–H and O–H groups in total. The molecule has 3 aromatic rings. The second kappa shape index (κ2) is 13.3. The molecule has 5 rings (SSSR count). The number of piperidine rings is 1. The molecule has 2 aliphatic heterocycles. The second-order valence-corrected chi connectivity index (χ2v) is 10.4. The van der Waals surface area contributed by atoms with E-state index in [4.69, 9.17) is 4.98 Å². The first-order valence-electron chi connectivity index (χ1n) is 14.3. The number of carbonyl (C=O) groups is 2. The quantitative estimate of drug-likeness (QED) is 0.275. The number of carboxylic acids is 1. The Labute approximate surface area is 240 Å². The van der Waals surface area contributed by atoms with Gasteiger partial charge in [-0.05, 0) is 55.4 Å². The van der Waals surface area contributed by atoms with Crippen LogP contribution < -0.4 is 20.9 Å².